The van der Waals surface area contributed by atoms with Crippen LogP contribution in [-0.2, 0) is 10.0 Å². The van der Waals surface area contributed by atoms with E-state index >= 15 is 0 Å². The molecule has 1 saturated heterocycles. The summed E-state index contributed by atoms with van der Waals surface area (Å²) in [5.41, 5.74) is 4.12. The predicted octanol–water partition coefficient (Wildman–Crippen LogP) is 4.93. The second-order valence-electron chi connectivity index (χ2n) is 8.02. The van der Waals surface area contributed by atoms with Crippen molar-refractivity contribution in [1.29, 1.82) is 0 Å². The number of thiophene rings is 1. The highest BCUT2D eigenvalue weighted by Gasteiger charge is 2.23. The third-order valence-corrected chi connectivity index (χ3v) is 9.48. The lowest BCUT2D eigenvalue weighted by Gasteiger charge is -2.30. The third kappa shape index (κ3) is 3.81. The molecule has 9 heteroatoms. The molecule has 0 radical (unpaired) electrons. The molecule has 166 valence electrons. The van der Waals surface area contributed by atoms with Gasteiger partial charge in [0.1, 0.15) is 4.21 Å². The molecule has 4 aromatic rings. The van der Waals surface area contributed by atoms with E-state index in [1.165, 1.54) is 11.3 Å². The quantitative estimate of drug-likeness (QED) is 0.428. The van der Waals surface area contributed by atoms with Crippen LogP contribution in [0.5, 0.6) is 0 Å². The molecule has 1 aliphatic heterocycles. The molecule has 2 aromatic heterocycles. The van der Waals surface area contributed by atoms with Gasteiger partial charge in [-0.15, -0.1) is 11.3 Å². The van der Waals surface area contributed by atoms with Gasteiger partial charge >= 0.3 is 0 Å². The van der Waals surface area contributed by atoms with Crippen LogP contribution in [0.1, 0.15) is 11.1 Å². The van der Waals surface area contributed by atoms with E-state index in [9.17, 15) is 8.42 Å². The van der Waals surface area contributed by atoms with E-state index in [-0.39, 0.29) is 0 Å². The lowest BCUT2D eigenvalue weighted by Crippen LogP contribution is -2.43. The smallest absolute Gasteiger partial charge is 0.271 e. The number of benzene rings is 2. The zero-order valence-corrected chi connectivity index (χ0v) is 20.2. The number of rotatable bonds is 4. The first-order valence-electron chi connectivity index (χ1n) is 10.4. The number of hydrogen-bond acceptors (Lipinski definition) is 6. The third-order valence-electron chi connectivity index (χ3n) is 5.82. The molecule has 32 heavy (non-hydrogen) atoms. The first kappa shape index (κ1) is 21.5. The number of fused-ring (bicyclic) bond motifs is 2. The lowest BCUT2D eigenvalue weighted by molar-refractivity contribution is 0.590. The number of pyridine rings is 1. The van der Waals surface area contributed by atoms with Gasteiger partial charge in [-0.25, -0.2) is 8.42 Å². The molecule has 0 aliphatic carbocycles. The maximum absolute atomic E-state index is 13.3. The Balaban J connectivity index is 1.54. The molecule has 6 nitrogen and oxygen atoms in total. The van der Waals surface area contributed by atoms with Gasteiger partial charge in [0, 0.05) is 58.9 Å². The van der Waals surface area contributed by atoms with Gasteiger partial charge in [-0.05, 0) is 66.8 Å². The number of hydrogen-bond donors (Lipinski definition) is 2. The summed E-state index contributed by atoms with van der Waals surface area (Å²) in [5.74, 6) is 0. The normalized spacial score (nSPS) is 14.9. The van der Waals surface area contributed by atoms with Crippen LogP contribution >= 0.6 is 22.9 Å². The van der Waals surface area contributed by atoms with Gasteiger partial charge in [-0.2, -0.15) is 0 Å². The van der Waals surface area contributed by atoms with Gasteiger partial charge < -0.3 is 10.2 Å². The highest BCUT2D eigenvalue weighted by atomic mass is 35.5. The minimum Gasteiger partial charge on any atom is -0.368 e. The predicted molar refractivity (Wildman–Crippen MR) is 134 cm³/mol. The molecule has 2 N–H and O–H groups in total. The van der Waals surface area contributed by atoms with Crippen molar-refractivity contribution in [2.45, 2.75) is 18.1 Å². The maximum atomic E-state index is 13.3. The Hall–Kier alpha value is -2.39. The zero-order chi connectivity index (χ0) is 22.5. The van der Waals surface area contributed by atoms with Crippen LogP contribution in [0.25, 0.3) is 21.0 Å². The van der Waals surface area contributed by atoms with Crippen molar-refractivity contribution < 1.29 is 8.42 Å². The van der Waals surface area contributed by atoms with Gasteiger partial charge in [0.15, 0.2) is 0 Å². The maximum Gasteiger partial charge on any atom is 0.271 e. The van der Waals surface area contributed by atoms with Crippen molar-refractivity contribution in [3.05, 3.63) is 58.7 Å². The minimum atomic E-state index is -3.76. The average molecular weight is 487 g/mol. The summed E-state index contributed by atoms with van der Waals surface area (Å²) >= 11 is 7.49. The van der Waals surface area contributed by atoms with Crippen molar-refractivity contribution >= 4 is 65.3 Å². The Labute approximate surface area is 196 Å². The van der Waals surface area contributed by atoms with Crippen LogP contribution < -0.4 is 14.9 Å². The van der Waals surface area contributed by atoms with E-state index in [1.54, 1.807) is 12.3 Å². The molecule has 0 amide bonds. The first-order chi connectivity index (χ1) is 15.3. The van der Waals surface area contributed by atoms with Crippen LogP contribution in [0, 0.1) is 13.8 Å². The molecule has 0 spiro atoms. The summed E-state index contributed by atoms with van der Waals surface area (Å²) in [6.07, 6.45) is 1.80. The van der Waals surface area contributed by atoms with Gasteiger partial charge in [0.05, 0.1) is 5.52 Å². The molecule has 0 unspecified atom stereocenters. The minimum absolute atomic E-state index is 0.312. The van der Waals surface area contributed by atoms with Crippen LogP contribution in [0.15, 0.2) is 46.8 Å². The summed E-state index contributed by atoms with van der Waals surface area (Å²) in [5, 5.41) is 5.78. The standard InChI is InChI=1S/C23H23ClN4O2S2/c1-14-11-16(24)12-18-15(2)23(31-22(14)18)32(29,30)27-17-3-4-20-19(13-17)21(5-6-26-20)28-9-7-25-8-10-28/h3-6,11-13,25,27H,7-10H2,1-2H3. The molecular formula is C23H23ClN4O2S2. The molecule has 1 fully saturated rings. The molecule has 0 atom stereocenters. The van der Waals surface area contributed by atoms with Crippen LogP contribution in [-0.4, -0.2) is 39.6 Å². The fourth-order valence-corrected chi connectivity index (χ4v) is 7.38. The van der Waals surface area contributed by atoms with Gasteiger partial charge in [-0.1, -0.05) is 11.6 Å². The fraction of sp³-hybridized carbons (Fsp3) is 0.261. The van der Waals surface area contributed by atoms with Crippen LogP contribution in [0.2, 0.25) is 5.02 Å². The molecule has 2 aromatic carbocycles. The van der Waals surface area contributed by atoms with Gasteiger partial charge in [-0.3, -0.25) is 9.71 Å². The Kier molecular flexibility index (Phi) is 5.49. The molecule has 1 aliphatic rings. The molecule has 0 saturated carbocycles. The van der Waals surface area contributed by atoms with Crippen molar-refractivity contribution in [3.63, 3.8) is 0 Å². The van der Waals surface area contributed by atoms with Gasteiger partial charge in [0.25, 0.3) is 10.0 Å². The summed E-state index contributed by atoms with van der Waals surface area (Å²) in [6.45, 7) is 7.42. The average Bonchev–Trinajstić information content (AvgIpc) is 3.11. The second-order valence-corrected chi connectivity index (χ2v) is 11.4. The topological polar surface area (TPSA) is 74.3 Å². The highest BCUT2D eigenvalue weighted by Crippen LogP contribution is 2.38. The fourth-order valence-electron chi connectivity index (χ4n) is 4.26. The van der Waals surface area contributed by atoms with Crippen molar-refractivity contribution in [1.82, 2.24) is 10.3 Å². The largest absolute Gasteiger partial charge is 0.368 e. The van der Waals surface area contributed by atoms with E-state index in [4.69, 9.17) is 11.6 Å². The Morgan fingerprint density at radius 1 is 1.09 bits per heavy atom. The molecule has 0 bridgehead atoms. The van der Waals surface area contributed by atoms with E-state index < -0.39 is 10.0 Å². The van der Waals surface area contributed by atoms with Gasteiger partial charge in [0.2, 0.25) is 0 Å². The number of anilines is 2. The molecule has 3 heterocycles. The number of aryl methyl sites for hydroxylation is 2. The number of piperazine rings is 1. The van der Waals surface area contributed by atoms with E-state index in [0.29, 0.717) is 20.5 Å². The summed E-state index contributed by atoms with van der Waals surface area (Å²) in [4.78, 5) is 6.77. The SMILES string of the molecule is Cc1c(S(=O)(=O)Nc2ccc3nccc(N4CCNCC4)c3c2)sc2c(C)cc(Cl)cc12. The number of halogens is 1. The van der Waals surface area contributed by atoms with Crippen molar-refractivity contribution in [2.24, 2.45) is 0 Å². The lowest BCUT2D eigenvalue weighted by atomic mass is 10.1. The number of nitrogens with one attached hydrogen (secondary N) is 2. The van der Waals surface area contributed by atoms with Crippen LogP contribution in [0.3, 0.4) is 0 Å². The summed E-state index contributed by atoms with van der Waals surface area (Å²) in [7, 11) is -3.76. The number of sulfonamides is 1. The van der Waals surface area contributed by atoms with E-state index in [1.807, 2.05) is 44.2 Å². The van der Waals surface area contributed by atoms with E-state index in [2.05, 4.69) is 19.9 Å². The first-order valence-corrected chi connectivity index (χ1v) is 13.1. The van der Waals surface area contributed by atoms with Crippen molar-refractivity contribution in [2.75, 3.05) is 35.8 Å². The monoisotopic (exact) mass is 486 g/mol. The van der Waals surface area contributed by atoms with E-state index in [0.717, 1.165) is 58.4 Å². The Morgan fingerprint density at radius 3 is 2.66 bits per heavy atom. The second kappa shape index (κ2) is 8.19. The van der Waals surface area contributed by atoms with Crippen molar-refractivity contribution in [3.8, 4) is 0 Å². The summed E-state index contributed by atoms with van der Waals surface area (Å²) in [6, 6.07) is 11.2. The molecular weight excluding hydrogens is 464 g/mol. The van der Waals surface area contributed by atoms with Crippen LogP contribution in [0.4, 0.5) is 11.4 Å². The molecule has 5 rings (SSSR count). The highest BCUT2D eigenvalue weighted by molar-refractivity contribution is 7.94. The Bertz CT molecular complexity index is 1440. The zero-order valence-electron chi connectivity index (χ0n) is 17.8. The Morgan fingerprint density at radius 2 is 1.88 bits per heavy atom. The summed E-state index contributed by atoms with van der Waals surface area (Å²) < 4.78 is 30.7. The number of aromatic nitrogens is 1. The number of nitrogens with zero attached hydrogens (tertiary/aromatic N) is 2.